The van der Waals surface area contributed by atoms with Crippen molar-refractivity contribution in [3.63, 3.8) is 0 Å². The second kappa shape index (κ2) is 7.68. The molecule has 23 heavy (non-hydrogen) atoms. The Hall–Kier alpha value is -1.75. The molecule has 0 aliphatic carbocycles. The second-order valence-electron chi connectivity index (χ2n) is 6.73. The van der Waals surface area contributed by atoms with E-state index in [2.05, 4.69) is 9.80 Å². The minimum atomic E-state index is 0.307. The van der Waals surface area contributed by atoms with Crippen LogP contribution in [-0.4, -0.2) is 61.7 Å². The van der Waals surface area contributed by atoms with Crippen molar-refractivity contribution in [1.82, 2.24) is 4.90 Å². The summed E-state index contributed by atoms with van der Waals surface area (Å²) in [5, 5.41) is 9.38. The second-order valence-corrected chi connectivity index (χ2v) is 6.73. The number of piperazine rings is 1. The van der Waals surface area contributed by atoms with Gasteiger partial charge in [-0.15, -0.1) is 0 Å². The summed E-state index contributed by atoms with van der Waals surface area (Å²) in [5.74, 6) is 0.640. The van der Waals surface area contributed by atoms with Gasteiger partial charge in [-0.1, -0.05) is 12.8 Å². The Bertz CT molecular complexity index is 502. The number of hydrogen-bond donors (Lipinski definition) is 2. The number of amides is 1. The van der Waals surface area contributed by atoms with E-state index >= 15 is 0 Å². The highest BCUT2D eigenvalue weighted by Crippen LogP contribution is 2.18. The SMILES string of the molecule is O=C(C[NH+]1CCN(c2ccc(O)cc2)CC1)N1CCCCCC1. The van der Waals surface area contributed by atoms with Gasteiger partial charge in [-0.2, -0.15) is 0 Å². The van der Waals surface area contributed by atoms with Gasteiger partial charge in [0.05, 0.1) is 26.2 Å². The van der Waals surface area contributed by atoms with Gasteiger partial charge < -0.3 is 19.8 Å². The van der Waals surface area contributed by atoms with Gasteiger partial charge in [0.25, 0.3) is 5.91 Å². The van der Waals surface area contributed by atoms with Gasteiger partial charge in [0, 0.05) is 18.8 Å². The van der Waals surface area contributed by atoms with Gasteiger partial charge in [-0.25, -0.2) is 0 Å². The summed E-state index contributed by atoms with van der Waals surface area (Å²) in [6.45, 7) is 6.47. The molecule has 5 heteroatoms. The lowest BCUT2D eigenvalue weighted by molar-refractivity contribution is -0.892. The van der Waals surface area contributed by atoms with E-state index < -0.39 is 0 Å². The topological polar surface area (TPSA) is 48.2 Å². The standard InChI is InChI=1S/C18H27N3O2/c22-17-7-5-16(6-8-17)20-13-11-19(12-14-20)15-18(23)21-9-3-1-2-4-10-21/h5-8,22H,1-4,9-15H2/p+1. The zero-order valence-electron chi connectivity index (χ0n) is 13.8. The lowest BCUT2D eigenvalue weighted by Crippen LogP contribution is -3.15. The van der Waals surface area contributed by atoms with Crippen molar-refractivity contribution in [2.75, 3.05) is 50.7 Å². The molecule has 0 atom stereocenters. The van der Waals surface area contributed by atoms with Crippen molar-refractivity contribution in [3.05, 3.63) is 24.3 Å². The van der Waals surface area contributed by atoms with Crippen LogP contribution in [0, 0.1) is 0 Å². The van der Waals surface area contributed by atoms with Crippen LogP contribution in [0.3, 0.4) is 0 Å². The molecule has 0 saturated carbocycles. The van der Waals surface area contributed by atoms with E-state index in [0.29, 0.717) is 18.2 Å². The van der Waals surface area contributed by atoms with Crippen LogP contribution in [0.5, 0.6) is 5.75 Å². The molecule has 2 aliphatic rings. The van der Waals surface area contributed by atoms with Crippen molar-refractivity contribution < 1.29 is 14.8 Å². The summed E-state index contributed by atoms with van der Waals surface area (Å²) in [4.78, 5) is 18.3. The number of carbonyl (C=O) groups excluding carboxylic acids is 1. The van der Waals surface area contributed by atoms with E-state index in [4.69, 9.17) is 0 Å². The number of rotatable bonds is 3. The van der Waals surface area contributed by atoms with Crippen LogP contribution in [-0.2, 0) is 4.79 Å². The number of phenols is 1. The summed E-state index contributed by atoms with van der Waals surface area (Å²) in [5.41, 5.74) is 1.15. The first kappa shape index (κ1) is 16.1. The number of quaternary nitrogens is 1. The summed E-state index contributed by atoms with van der Waals surface area (Å²) < 4.78 is 0. The number of nitrogens with zero attached hydrogens (tertiary/aromatic N) is 2. The third kappa shape index (κ3) is 4.38. The first-order valence-corrected chi connectivity index (χ1v) is 8.88. The van der Waals surface area contributed by atoms with Crippen LogP contribution in [0.4, 0.5) is 5.69 Å². The molecular weight excluding hydrogens is 290 g/mol. The van der Waals surface area contributed by atoms with Crippen molar-refractivity contribution >= 4 is 11.6 Å². The smallest absolute Gasteiger partial charge is 0.277 e. The van der Waals surface area contributed by atoms with Crippen LogP contribution in [0.25, 0.3) is 0 Å². The zero-order valence-corrected chi connectivity index (χ0v) is 13.8. The molecule has 3 rings (SSSR count). The first-order valence-electron chi connectivity index (χ1n) is 8.88. The normalized spacial score (nSPS) is 20.3. The van der Waals surface area contributed by atoms with Crippen molar-refractivity contribution in [3.8, 4) is 5.75 Å². The zero-order chi connectivity index (χ0) is 16.1. The maximum absolute atomic E-state index is 12.5. The van der Waals surface area contributed by atoms with E-state index in [1.54, 1.807) is 12.1 Å². The molecule has 2 fully saturated rings. The molecule has 0 aromatic heterocycles. The van der Waals surface area contributed by atoms with E-state index in [1.807, 2.05) is 12.1 Å². The molecule has 2 N–H and O–H groups in total. The van der Waals surface area contributed by atoms with Gasteiger partial charge >= 0.3 is 0 Å². The van der Waals surface area contributed by atoms with Crippen LogP contribution >= 0.6 is 0 Å². The fourth-order valence-corrected chi connectivity index (χ4v) is 3.57. The van der Waals surface area contributed by atoms with Crippen molar-refractivity contribution in [1.29, 1.82) is 0 Å². The number of anilines is 1. The third-order valence-corrected chi connectivity index (χ3v) is 5.05. The highest BCUT2D eigenvalue weighted by atomic mass is 16.3. The largest absolute Gasteiger partial charge is 0.508 e. The molecule has 126 valence electrons. The summed E-state index contributed by atoms with van der Waals surface area (Å²) in [6.07, 6.45) is 4.86. The molecule has 0 radical (unpaired) electrons. The Morgan fingerprint density at radius 3 is 2.17 bits per heavy atom. The average molecular weight is 318 g/mol. The minimum Gasteiger partial charge on any atom is -0.508 e. The molecule has 1 aromatic rings. The van der Waals surface area contributed by atoms with Crippen LogP contribution in [0.2, 0.25) is 0 Å². The Kier molecular flexibility index (Phi) is 5.39. The number of hydrogen-bond acceptors (Lipinski definition) is 3. The predicted octanol–water partition coefficient (Wildman–Crippen LogP) is 0.500. The van der Waals surface area contributed by atoms with E-state index in [-0.39, 0.29) is 0 Å². The molecular formula is C18H28N3O2+. The molecule has 0 spiro atoms. The Balaban J connectivity index is 1.47. The van der Waals surface area contributed by atoms with Crippen LogP contribution < -0.4 is 9.80 Å². The summed E-state index contributed by atoms with van der Waals surface area (Å²) in [7, 11) is 0. The molecule has 1 aromatic carbocycles. The lowest BCUT2D eigenvalue weighted by atomic mass is 10.2. The van der Waals surface area contributed by atoms with E-state index in [0.717, 1.165) is 57.8 Å². The number of phenolic OH excluding ortho intramolecular Hbond substituents is 1. The fourth-order valence-electron chi connectivity index (χ4n) is 3.57. The van der Waals surface area contributed by atoms with Crippen LogP contribution in [0.1, 0.15) is 25.7 Å². The molecule has 0 unspecified atom stereocenters. The van der Waals surface area contributed by atoms with Gasteiger partial charge in [0.1, 0.15) is 5.75 Å². The Labute approximate surface area is 138 Å². The monoisotopic (exact) mass is 318 g/mol. The Morgan fingerprint density at radius 2 is 1.57 bits per heavy atom. The number of aromatic hydroxyl groups is 1. The number of nitrogens with one attached hydrogen (secondary N) is 1. The highest BCUT2D eigenvalue weighted by molar-refractivity contribution is 5.77. The van der Waals surface area contributed by atoms with Crippen molar-refractivity contribution in [2.45, 2.75) is 25.7 Å². The molecule has 1 amide bonds. The molecule has 5 nitrogen and oxygen atoms in total. The number of benzene rings is 1. The van der Waals surface area contributed by atoms with E-state index in [1.165, 1.54) is 17.7 Å². The predicted molar refractivity (Wildman–Crippen MR) is 90.9 cm³/mol. The number of carbonyl (C=O) groups is 1. The van der Waals surface area contributed by atoms with Crippen molar-refractivity contribution in [2.24, 2.45) is 0 Å². The lowest BCUT2D eigenvalue weighted by Gasteiger charge is -2.34. The fraction of sp³-hybridized carbons (Fsp3) is 0.611. The molecule has 2 saturated heterocycles. The quantitative estimate of drug-likeness (QED) is 0.853. The van der Waals surface area contributed by atoms with Gasteiger partial charge in [0.15, 0.2) is 6.54 Å². The average Bonchev–Trinajstić information content (AvgIpc) is 2.86. The number of likely N-dealkylation sites (tertiary alicyclic amines) is 1. The molecule has 2 aliphatic heterocycles. The highest BCUT2D eigenvalue weighted by Gasteiger charge is 2.25. The first-order chi connectivity index (χ1) is 11.2. The molecule has 0 bridgehead atoms. The van der Waals surface area contributed by atoms with Gasteiger partial charge in [-0.3, -0.25) is 4.79 Å². The third-order valence-electron chi connectivity index (χ3n) is 5.05. The Morgan fingerprint density at radius 1 is 0.957 bits per heavy atom. The summed E-state index contributed by atoms with van der Waals surface area (Å²) in [6, 6.07) is 7.39. The maximum atomic E-state index is 12.5. The minimum absolute atomic E-state index is 0.307. The van der Waals surface area contributed by atoms with Crippen LogP contribution in [0.15, 0.2) is 24.3 Å². The van der Waals surface area contributed by atoms with Gasteiger partial charge in [0.2, 0.25) is 0 Å². The van der Waals surface area contributed by atoms with Gasteiger partial charge in [-0.05, 0) is 37.1 Å². The maximum Gasteiger partial charge on any atom is 0.277 e. The van der Waals surface area contributed by atoms with E-state index in [9.17, 15) is 9.90 Å². The molecule has 2 heterocycles. The summed E-state index contributed by atoms with van der Waals surface area (Å²) >= 11 is 0.